The first-order chi connectivity index (χ1) is 11.7. The number of carbonyl (C=O) groups excluding carboxylic acids is 1. The van der Waals surface area contributed by atoms with Gasteiger partial charge < -0.3 is 10.1 Å². The molecule has 0 unspecified atom stereocenters. The Bertz CT molecular complexity index is 909. The van der Waals surface area contributed by atoms with Gasteiger partial charge in [-0.2, -0.15) is 0 Å². The van der Waals surface area contributed by atoms with Gasteiger partial charge in [-0.1, -0.05) is 0 Å². The zero-order chi connectivity index (χ0) is 18.6. The van der Waals surface area contributed by atoms with E-state index in [1.807, 2.05) is 0 Å². The Morgan fingerprint density at radius 2 is 1.72 bits per heavy atom. The molecule has 0 aliphatic carbocycles. The van der Waals surface area contributed by atoms with Gasteiger partial charge in [0.2, 0.25) is 5.91 Å². The van der Waals surface area contributed by atoms with Crippen molar-refractivity contribution in [3.05, 3.63) is 52.6 Å². The van der Waals surface area contributed by atoms with Crippen molar-refractivity contribution in [3.63, 3.8) is 0 Å². The monoisotopic (exact) mass is 365 g/mol. The summed E-state index contributed by atoms with van der Waals surface area (Å²) in [5.41, 5.74) is 0.0896. The molecule has 0 spiro atoms. The van der Waals surface area contributed by atoms with E-state index in [1.165, 1.54) is 44.4 Å². The van der Waals surface area contributed by atoms with Crippen LogP contribution in [0.4, 0.5) is 17.1 Å². The van der Waals surface area contributed by atoms with E-state index in [4.69, 9.17) is 4.74 Å². The topological polar surface area (TPSA) is 128 Å². The van der Waals surface area contributed by atoms with Crippen molar-refractivity contribution < 1.29 is 22.9 Å². The van der Waals surface area contributed by atoms with Crippen LogP contribution in [-0.4, -0.2) is 26.4 Å². The molecule has 0 aliphatic heterocycles. The van der Waals surface area contributed by atoms with Crippen LogP contribution in [0.5, 0.6) is 5.75 Å². The summed E-state index contributed by atoms with van der Waals surface area (Å²) in [7, 11) is -2.86. The molecule has 0 radical (unpaired) electrons. The number of hydrogen-bond acceptors (Lipinski definition) is 6. The molecule has 0 bridgehead atoms. The molecule has 9 nitrogen and oxygen atoms in total. The third-order valence-corrected chi connectivity index (χ3v) is 4.54. The highest BCUT2D eigenvalue weighted by Gasteiger charge is 2.26. The summed E-state index contributed by atoms with van der Waals surface area (Å²) in [6.07, 6.45) is 0. The van der Waals surface area contributed by atoms with Gasteiger partial charge in [-0.3, -0.25) is 19.6 Å². The number of sulfonamides is 1. The van der Waals surface area contributed by atoms with Gasteiger partial charge in [-0.15, -0.1) is 0 Å². The fourth-order valence-corrected chi connectivity index (χ4v) is 3.24. The van der Waals surface area contributed by atoms with Crippen LogP contribution < -0.4 is 14.8 Å². The molecule has 0 fully saturated rings. The van der Waals surface area contributed by atoms with Crippen molar-refractivity contribution in [1.29, 1.82) is 0 Å². The van der Waals surface area contributed by atoms with E-state index in [0.717, 1.165) is 12.1 Å². The van der Waals surface area contributed by atoms with Crippen LogP contribution >= 0.6 is 0 Å². The standard InChI is InChI=1S/C15H15N3O6S/c1-10(19)16-11-3-5-12(6-4-11)17-25(22,23)15-8-7-13(24-2)9-14(15)18(20)21/h3-9,17H,1-2H3,(H,16,19). The minimum Gasteiger partial charge on any atom is -0.497 e. The SMILES string of the molecule is COc1ccc(S(=O)(=O)Nc2ccc(NC(C)=O)cc2)c([N+](=O)[O-])c1. The summed E-state index contributed by atoms with van der Waals surface area (Å²) in [5.74, 6) is -0.0903. The second-order valence-electron chi connectivity index (χ2n) is 4.95. The average molecular weight is 365 g/mol. The molecule has 0 saturated heterocycles. The Morgan fingerprint density at radius 1 is 1.12 bits per heavy atom. The van der Waals surface area contributed by atoms with Gasteiger partial charge in [0, 0.05) is 18.3 Å². The van der Waals surface area contributed by atoms with Crippen LogP contribution in [0, 0.1) is 10.1 Å². The van der Waals surface area contributed by atoms with E-state index < -0.39 is 25.5 Å². The average Bonchev–Trinajstić information content (AvgIpc) is 2.55. The van der Waals surface area contributed by atoms with Gasteiger partial charge in [0.15, 0.2) is 4.90 Å². The number of amides is 1. The molecule has 2 aromatic rings. The molecule has 2 aromatic carbocycles. The first-order valence-electron chi connectivity index (χ1n) is 6.96. The highest BCUT2D eigenvalue weighted by molar-refractivity contribution is 7.92. The summed E-state index contributed by atoms with van der Waals surface area (Å²) in [5, 5.41) is 13.7. The third-order valence-electron chi connectivity index (χ3n) is 3.11. The third kappa shape index (κ3) is 4.44. The van der Waals surface area contributed by atoms with E-state index in [1.54, 1.807) is 0 Å². The Morgan fingerprint density at radius 3 is 2.24 bits per heavy atom. The minimum absolute atomic E-state index is 0.172. The number of methoxy groups -OCH3 is 1. The highest BCUT2D eigenvalue weighted by atomic mass is 32.2. The number of benzene rings is 2. The highest BCUT2D eigenvalue weighted by Crippen LogP contribution is 2.29. The Kier molecular flexibility index (Phi) is 5.22. The zero-order valence-electron chi connectivity index (χ0n) is 13.3. The molecule has 0 aromatic heterocycles. The number of anilines is 2. The predicted molar refractivity (Wildman–Crippen MR) is 91.2 cm³/mol. The van der Waals surface area contributed by atoms with Crippen molar-refractivity contribution in [2.45, 2.75) is 11.8 Å². The molecule has 1 amide bonds. The van der Waals surface area contributed by atoms with Crippen LogP contribution in [-0.2, 0) is 14.8 Å². The fourth-order valence-electron chi connectivity index (χ4n) is 2.03. The number of rotatable bonds is 6. The van der Waals surface area contributed by atoms with E-state index in [0.29, 0.717) is 5.69 Å². The molecular weight excluding hydrogens is 350 g/mol. The molecule has 0 aliphatic rings. The second kappa shape index (κ2) is 7.18. The Balaban J connectivity index is 2.33. The molecule has 0 saturated carbocycles. The summed E-state index contributed by atoms with van der Waals surface area (Å²) in [4.78, 5) is 20.8. The van der Waals surface area contributed by atoms with Crippen molar-refractivity contribution >= 4 is 33.0 Å². The number of nitro groups is 1. The van der Waals surface area contributed by atoms with Crippen molar-refractivity contribution in [1.82, 2.24) is 0 Å². The van der Waals surface area contributed by atoms with E-state index >= 15 is 0 Å². The fraction of sp³-hybridized carbons (Fsp3) is 0.133. The van der Waals surface area contributed by atoms with Crippen molar-refractivity contribution in [3.8, 4) is 5.75 Å². The molecule has 25 heavy (non-hydrogen) atoms. The smallest absolute Gasteiger partial charge is 0.293 e. The predicted octanol–water partition coefficient (Wildman–Crippen LogP) is 2.36. The number of nitrogens with zero attached hydrogens (tertiary/aromatic N) is 1. The lowest BCUT2D eigenvalue weighted by atomic mass is 10.3. The lowest BCUT2D eigenvalue weighted by Gasteiger charge is -2.10. The summed E-state index contributed by atoms with van der Waals surface area (Å²) in [6, 6.07) is 9.32. The van der Waals surface area contributed by atoms with Gasteiger partial charge in [0.1, 0.15) is 5.75 Å². The van der Waals surface area contributed by atoms with E-state index in [-0.39, 0.29) is 17.3 Å². The zero-order valence-corrected chi connectivity index (χ0v) is 14.2. The maximum atomic E-state index is 12.5. The number of carbonyl (C=O) groups is 1. The molecule has 2 rings (SSSR count). The van der Waals surface area contributed by atoms with Gasteiger partial charge in [0.25, 0.3) is 15.7 Å². The molecular formula is C15H15N3O6S. The largest absolute Gasteiger partial charge is 0.497 e. The maximum absolute atomic E-state index is 12.5. The first kappa shape index (κ1) is 18.2. The number of hydrogen-bond donors (Lipinski definition) is 2. The van der Waals surface area contributed by atoms with Gasteiger partial charge >= 0.3 is 0 Å². The Hall–Kier alpha value is -3.14. The van der Waals surface area contributed by atoms with Gasteiger partial charge in [0.05, 0.1) is 18.1 Å². The van der Waals surface area contributed by atoms with Crippen LogP contribution in [0.25, 0.3) is 0 Å². The summed E-state index contributed by atoms with van der Waals surface area (Å²) in [6.45, 7) is 1.35. The summed E-state index contributed by atoms with van der Waals surface area (Å²) < 4.78 is 32.1. The number of ether oxygens (including phenoxy) is 1. The van der Waals surface area contributed by atoms with Crippen LogP contribution in [0.2, 0.25) is 0 Å². The lowest BCUT2D eigenvalue weighted by molar-refractivity contribution is -0.387. The van der Waals surface area contributed by atoms with Crippen LogP contribution in [0.3, 0.4) is 0 Å². The first-order valence-corrected chi connectivity index (χ1v) is 8.44. The molecule has 132 valence electrons. The van der Waals surface area contributed by atoms with E-state index in [2.05, 4.69) is 10.0 Å². The second-order valence-corrected chi connectivity index (χ2v) is 6.61. The maximum Gasteiger partial charge on any atom is 0.293 e. The van der Waals surface area contributed by atoms with Gasteiger partial charge in [-0.05, 0) is 36.4 Å². The normalized spacial score (nSPS) is 10.8. The quantitative estimate of drug-likeness (QED) is 0.597. The van der Waals surface area contributed by atoms with Crippen LogP contribution in [0.1, 0.15) is 6.92 Å². The number of nitrogens with one attached hydrogen (secondary N) is 2. The summed E-state index contributed by atoms with van der Waals surface area (Å²) >= 11 is 0. The molecule has 0 atom stereocenters. The molecule has 10 heteroatoms. The lowest BCUT2D eigenvalue weighted by Crippen LogP contribution is -2.15. The van der Waals surface area contributed by atoms with Crippen LogP contribution in [0.15, 0.2) is 47.4 Å². The number of nitro benzene ring substituents is 1. The van der Waals surface area contributed by atoms with Crippen molar-refractivity contribution in [2.24, 2.45) is 0 Å². The van der Waals surface area contributed by atoms with E-state index in [9.17, 15) is 23.3 Å². The Labute approximate surface area is 143 Å². The minimum atomic E-state index is -4.18. The molecule has 0 heterocycles. The molecule has 2 N–H and O–H groups in total. The van der Waals surface area contributed by atoms with Crippen molar-refractivity contribution in [2.75, 3.05) is 17.1 Å². The van der Waals surface area contributed by atoms with Gasteiger partial charge in [-0.25, -0.2) is 8.42 Å².